The molecule has 0 atom stereocenters. The normalized spacial score (nSPS) is 10.4. The summed E-state index contributed by atoms with van der Waals surface area (Å²) in [5.74, 6) is -0.461. The van der Waals surface area contributed by atoms with Crippen molar-refractivity contribution >= 4 is 17.6 Å². The van der Waals surface area contributed by atoms with Crippen molar-refractivity contribution in [2.75, 3.05) is 7.11 Å². The van der Waals surface area contributed by atoms with Gasteiger partial charge in [0, 0.05) is 12.4 Å². The first-order valence-corrected chi connectivity index (χ1v) is 4.86. The third-order valence-corrected chi connectivity index (χ3v) is 2.12. The average Bonchev–Trinajstić information content (AvgIpc) is 2.87. The molecule has 0 spiro atoms. The van der Waals surface area contributed by atoms with Gasteiger partial charge in [-0.25, -0.2) is 9.48 Å². The Labute approximate surface area is 96.4 Å². The van der Waals surface area contributed by atoms with E-state index in [1.54, 1.807) is 27.8 Å². The van der Waals surface area contributed by atoms with Crippen LogP contribution in [0.25, 0.3) is 0 Å². The molecule has 0 N–H and O–H groups in total. The van der Waals surface area contributed by atoms with Crippen molar-refractivity contribution < 1.29 is 9.53 Å². The number of carbonyl (C=O) groups is 1. The van der Waals surface area contributed by atoms with Gasteiger partial charge in [0.25, 0.3) is 0 Å². The van der Waals surface area contributed by atoms with Crippen molar-refractivity contribution in [2.24, 2.45) is 0 Å². The number of ether oxygens (including phenoxy) is 1. The number of aromatic nitrogens is 4. The minimum atomic E-state index is -0.461. The molecule has 0 aliphatic heterocycles. The highest BCUT2D eigenvalue weighted by molar-refractivity contribution is 6.30. The van der Waals surface area contributed by atoms with Crippen LogP contribution in [0.15, 0.2) is 24.7 Å². The Balaban J connectivity index is 2.11. The lowest BCUT2D eigenvalue weighted by molar-refractivity contribution is 0.0593. The molecule has 0 unspecified atom stereocenters. The van der Waals surface area contributed by atoms with Crippen LogP contribution in [0, 0.1) is 0 Å². The molecule has 2 rings (SSSR count). The summed E-state index contributed by atoms with van der Waals surface area (Å²) in [5, 5.41) is 8.57. The summed E-state index contributed by atoms with van der Waals surface area (Å²) in [6.07, 6.45) is 4.87. The highest BCUT2D eigenvalue weighted by Crippen LogP contribution is 2.05. The topological polar surface area (TPSA) is 61.9 Å². The maximum absolute atomic E-state index is 11.1. The molecule has 0 saturated heterocycles. The number of hydrogen-bond acceptors (Lipinski definition) is 4. The lowest BCUT2D eigenvalue weighted by Gasteiger charge is -2.00. The maximum Gasteiger partial charge on any atom is 0.358 e. The van der Waals surface area contributed by atoms with E-state index in [-0.39, 0.29) is 5.69 Å². The van der Waals surface area contributed by atoms with Gasteiger partial charge in [-0.3, -0.25) is 4.68 Å². The molecule has 0 fully saturated rings. The lowest BCUT2D eigenvalue weighted by Crippen LogP contribution is -2.10. The number of esters is 1. The number of hydrogen-bond donors (Lipinski definition) is 0. The summed E-state index contributed by atoms with van der Waals surface area (Å²) < 4.78 is 7.72. The number of nitrogens with zero attached hydrogens (tertiary/aromatic N) is 4. The van der Waals surface area contributed by atoms with Crippen LogP contribution in [0.3, 0.4) is 0 Å². The molecule has 0 aromatic carbocycles. The third-order valence-electron chi connectivity index (χ3n) is 1.93. The van der Waals surface area contributed by atoms with Gasteiger partial charge in [-0.1, -0.05) is 11.6 Å². The van der Waals surface area contributed by atoms with Gasteiger partial charge in [0.05, 0.1) is 18.3 Å². The predicted molar refractivity (Wildman–Crippen MR) is 56.2 cm³/mol. The molecular weight excluding hydrogens is 232 g/mol. The van der Waals surface area contributed by atoms with Crippen LogP contribution < -0.4 is 0 Å². The quantitative estimate of drug-likeness (QED) is 0.752. The Morgan fingerprint density at radius 1 is 1.56 bits per heavy atom. The van der Waals surface area contributed by atoms with E-state index in [4.69, 9.17) is 11.6 Å². The zero-order valence-electron chi connectivity index (χ0n) is 8.50. The summed E-state index contributed by atoms with van der Waals surface area (Å²) in [6, 6.07) is 1.58. The zero-order valence-corrected chi connectivity index (χ0v) is 9.26. The van der Waals surface area contributed by atoms with Gasteiger partial charge in [-0.15, -0.1) is 0 Å². The second-order valence-corrected chi connectivity index (χ2v) is 3.51. The molecular formula is C9H9ClN4O2. The van der Waals surface area contributed by atoms with E-state index in [1.807, 2.05) is 0 Å². The first kappa shape index (κ1) is 10.7. The van der Waals surface area contributed by atoms with Crippen LogP contribution in [-0.4, -0.2) is 32.6 Å². The maximum atomic E-state index is 11.1. The third kappa shape index (κ3) is 2.22. The van der Waals surface area contributed by atoms with Gasteiger partial charge in [-0.05, 0) is 6.07 Å². The summed E-state index contributed by atoms with van der Waals surface area (Å²) in [7, 11) is 1.31. The molecule has 84 valence electrons. The standard InChI is InChI=1S/C9H9ClN4O2/c1-16-9(15)8-2-3-13(12-8)6-14-5-7(10)4-11-14/h2-5H,6H2,1H3. The fourth-order valence-electron chi connectivity index (χ4n) is 1.22. The summed E-state index contributed by atoms with van der Waals surface area (Å²) in [5.41, 5.74) is 0.265. The second kappa shape index (κ2) is 4.36. The van der Waals surface area contributed by atoms with Crippen molar-refractivity contribution in [3.05, 3.63) is 35.4 Å². The molecule has 0 amide bonds. The van der Waals surface area contributed by atoms with Crippen LogP contribution in [0.4, 0.5) is 0 Å². The lowest BCUT2D eigenvalue weighted by atomic mass is 10.4. The molecule has 16 heavy (non-hydrogen) atoms. The van der Waals surface area contributed by atoms with Crippen molar-refractivity contribution in [1.29, 1.82) is 0 Å². The summed E-state index contributed by atoms with van der Waals surface area (Å²) >= 11 is 5.72. The SMILES string of the molecule is COC(=O)c1ccn(Cn2cc(Cl)cn2)n1. The van der Waals surface area contributed by atoms with E-state index in [0.717, 1.165) is 0 Å². The highest BCUT2D eigenvalue weighted by Gasteiger charge is 2.09. The van der Waals surface area contributed by atoms with E-state index >= 15 is 0 Å². The molecule has 2 aromatic heterocycles. The number of methoxy groups -OCH3 is 1. The molecule has 2 aromatic rings. The fourth-order valence-corrected chi connectivity index (χ4v) is 1.37. The number of carbonyl (C=O) groups excluding carboxylic acids is 1. The van der Waals surface area contributed by atoms with E-state index in [9.17, 15) is 4.79 Å². The van der Waals surface area contributed by atoms with Crippen LogP contribution in [-0.2, 0) is 11.4 Å². The number of rotatable bonds is 3. The monoisotopic (exact) mass is 240 g/mol. The van der Waals surface area contributed by atoms with Gasteiger partial charge in [0.2, 0.25) is 0 Å². The van der Waals surface area contributed by atoms with Gasteiger partial charge < -0.3 is 4.74 Å². The highest BCUT2D eigenvalue weighted by atomic mass is 35.5. The molecule has 0 aliphatic rings. The second-order valence-electron chi connectivity index (χ2n) is 3.07. The Hall–Kier alpha value is -1.82. The van der Waals surface area contributed by atoms with Crippen molar-refractivity contribution in [3.8, 4) is 0 Å². The van der Waals surface area contributed by atoms with Crippen LogP contribution in [0.1, 0.15) is 10.5 Å². The molecule has 0 saturated carbocycles. The predicted octanol–water partition coefficient (Wildman–Crippen LogP) is 1.03. The summed E-state index contributed by atoms with van der Waals surface area (Å²) in [4.78, 5) is 11.1. The van der Waals surface area contributed by atoms with Crippen molar-refractivity contribution in [2.45, 2.75) is 6.67 Å². The number of halogens is 1. The average molecular weight is 241 g/mol. The fraction of sp³-hybridized carbons (Fsp3) is 0.222. The van der Waals surface area contributed by atoms with Gasteiger partial charge >= 0.3 is 5.97 Å². The van der Waals surface area contributed by atoms with Gasteiger partial charge in [-0.2, -0.15) is 10.2 Å². The Morgan fingerprint density at radius 3 is 3.00 bits per heavy atom. The first-order chi connectivity index (χ1) is 7.69. The van der Waals surface area contributed by atoms with Crippen LogP contribution >= 0.6 is 11.6 Å². The zero-order chi connectivity index (χ0) is 11.5. The van der Waals surface area contributed by atoms with Crippen LogP contribution in [0.5, 0.6) is 0 Å². The largest absolute Gasteiger partial charge is 0.464 e. The van der Waals surface area contributed by atoms with Crippen LogP contribution in [0.2, 0.25) is 5.02 Å². The van der Waals surface area contributed by atoms with Crippen molar-refractivity contribution in [3.63, 3.8) is 0 Å². The summed E-state index contributed by atoms with van der Waals surface area (Å²) in [6.45, 7) is 0.393. The molecule has 2 heterocycles. The van der Waals surface area contributed by atoms with Crippen molar-refractivity contribution in [1.82, 2.24) is 19.6 Å². The minimum absolute atomic E-state index is 0.265. The Kier molecular flexibility index (Phi) is 2.91. The van der Waals surface area contributed by atoms with E-state index in [2.05, 4.69) is 14.9 Å². The van der Waals surface area contributed by atoms with E-state index in [1.165, 1.54) is 13.3 Å². The Morgan fingerprint density at radius 2 is 2.38 bits per heavy atom. The van der Waals surface area contributed by atoms with Gasteiger partial charge in [0.1, 0.15) is 6.67 Å². The van der Waals surface area contributed by atoms with Gasteiger partial charge in [0.15, 0.2) is 5.69 Å². The molecule has 6 nitrogen and oxygen atoms in total. The molecule has 0 radical (unpaired) electrons. The first-order valence-electron chi connectivity index (χ1n) is 4.49. The molecule has 7 heteroatoms. The van der Waals surface area contributed by atoms with E-state index in [0.29, 0.717) is 11.7 Å². The van der Waals surface area contributed by atoms with E-state index < -0.39 is 5.97 Å². The minimum Gasteiger partial charge on any atom is -0.464 e. The molecule has 0 aliphatic carbocycles. The molecule has 0 bridgehead atoms. The Bertz CT molecular complexity index is 505. The smallest absolute Gasteiger partial charge is 0.358 e.